The van der Waals surface area contributed by atoms with Gasteiger partial charge >= 0.3 is 0 Å². The first kappa shape index (κ1) is 17.7. The molecule has 0 spiro atoms. The summed E-state index contributed by atoms with van der Waals surface area (Å²) in [6, 6.07) is 19.0. The Kier molecular flexibility index (Phi) is 4.76. The fraction of sp³-hybridized carbons (Fsp3) is 0.136. The average molecular weight is 372 g/mol. The third kappa shape index (κ3) is 3.44. The molecule has 2 N–H and O–H groups in total. The summed E-state index contributed by atoms with van der Waals surface area (Å²) in [5, 5.41) is 16.1. The van der Waals surface area contributed by atoms with Crippen LogP contribution in [0.4, 0.5) is 0 Å². The van der Waals surface area contributed by atoms with Crippen molar-refractivity contribution in [3.05, 3.63) is 72.6 Å². The lowest BCUT2D eigenvalue weighted by molar-refractivity contribution is -0.124. The monoisotopic (exact) mass is 372 g/mol. The van der Waals surface area contributed by atoms with Gasteiger partial charge in [-0.25, -0.2) is 10.4 Å². The molecule has 6 heteroatoms. The van der Waals surface area contributed by atoms with Crippen molar-refractivity contribution in [1.82, 2.24) is 15.0 Å². The molecule has 3 aromatic carbocycles. The van der Waals surface area contributed by atoms with E-state index in [2.05, 4.69) is 15.5 Å². The van der Waals surface area contributed by atoms with Gasteiger partial charge in [-0.3, -0.25) is 4.79 Å². The van der Waals surface area contributed by atoms with Gasteiger partial charge < -0.3 is 9.67 Å². The number of phenolic OH excluding ortho intramolecular Hbond substituents is 1. The number of rotatable bonds is 5. The highest BCUT2D eigenvalue weighted by Crippen LogP contribution is 2.25. The van der Waals surface area contributed by atoms with E-state index in [1.807, 2.05) is 66.1 Å². The van der Waals surface area contributed by atoms with Crippen LogP contribution >= 0.6 is 0 Å². The molecule has 4 aromatic rings. The number of hydrazone groups is 1. The first-order valence-corrected chi connectivity index (χ1v) is 9.07. The van der Waals surface area contributed by atoms with Gasteiger partial charge in [0.1, 0.15) is 5.75 Å². The predicted molar refractivity (Wildman–Crippen MR) is 110 cm³/mol. The fourth-order valence-electron chi connectivity index (χ4n) is 3.22. The molecule has 0 aliphatic rings. The zero-order valence-corrected chi connectivity index (χ0v) is 15.4. The van der Waals surface area contributed by atoms with E-state index in [0.29, 0.717) is 12.1 Å². The molecule has 1 aromatic heterocycles. The lowest BCUT2D eigenvalue weighted by Crippen LogP contribution is -2.28. The molecule has 4 rings (SSSR count). The molecular weight excluding hydrogens is 352 g/mol. The minimum absolute atomic E-state index is 0.120. The van der Waals surface area contributed by atoms with E-state index >= 15 is 0 Å². The molecule has 0 fully saturated rings. The second kappa shape index (κ2) is 7.52. The highest BCUT2D eigenvalue weighted by molar-refractivity contribution is 6.02. The molecule has 0 aliphatic carbocycles. The highest BCUT2D eigenvalue weighted by Gasteiger charge is 2.14. The quantitative estimate of drug-likeness (QED) is 0.414. The number of imidazole rings is 1. The van der Waals surface area contributed by atoms with Crippen LogP contribution in [0.3, 0.4) is 0 Å². The molecule has 1 amide bonds. The Labute approximate surface area is 162 Å². The van der Waals surface area contributed by atoms with Gasteiger partial charge in [0.15, 0.2) is 0 Å². The summed E-state index contributed by atoms with van der Waals surface area (Å²) in [6.07, 6.45) is 3.22. The summed E-state index contributed by atoms with van der Waals surface area (Å²) in [7, 11) is 0. The number of para-hydroxylation sites is 2. The van der Waals surface area contributed by atoms with E-state index in [4.69, 9.17) is 0 Å². The van der Waals surface area contributed by atoms with Crippen LogP contribution in [0.5, 0.6) is 5.75 Å². The van der Waals surface area contributed by atoms with Crippen LogP contribution in [0.1, 0.15) is 12.5 Å². The zero-order valence-electron chi connectivity index (χ0n) is 15.4. The van der Waals surface area contributed by atoms with Gasteiger partial charge in [0.05, 0.1) is 29.5 Å². The van der Waals surface area contributed by atoms with Crippen molar-refractivity contribution >= 4 is 33.9 Å². The van der Waals surface area contributed by atoms with Crippen molar-refractivity contribution in [2.75, 3.05) is 0 Å². The Morgan fingerprint density at radius 3 is 2.86 bits per heavy atom. The Hall–Kier alpha value is -3.67. The number of benzene rings is 3. The Balaban J connectivity index is 1.46. The molecule has 140 valence electrons. The van der Waals surface area contributed by atoms with Crippen molar-refractivity contribution in [3.8, 4) is 5.75 Å². The molecule has 0 bridgehead atoms. The Bertz CT molecular complexity index is 1180. The number of aromatic nitrogens is 2. The van der Waals surface area contributed by atoms with Gasteiger partial charge in [0.2, 0.25) is 5.91 Å². The third-order valence-electron chi connectivity index (χ3n) is 4.76. The molecule has 0 saturated heterocycles. The summed E-state index contributed by atoms with van der Waals surface area (Å²) >= 11 is 0. The number of hydrogen-bond acceptors (Lipinski definition) is 4. The molecule has 28 heavy (non-hydrogen) atoms. The molecule has 0 aliphatic heterocycles. The Morgan fingerprint density at radius 2 is 1.96 bits per heavy atom. The van der Waals surface area contributed by atoms with Crippen LogP contribution in [0.15, 0.2) is 72.1 Å². The van der Waals surface area contributed by atoms with Crippen molar-refractivity contribution in [2.24, 2.45) is 11.0 Å². The number of phenols is 1. The smallest absolute Gasteiger partial charge is 0.244 e. The summed E-state index contributed by atoms with van der Waals surface area (Å²) < 4.78 is 1.96. The Morgan fingerprint density at radius 1 is 1.18 bits per heavy atom. The standard InChI is InChI=1S/C22H20N4O2/c1-15(13-26-14-23-19-8-4-5-9-20(19)26)22(28)25-24-12-18-17-7-3-2-6-16(17)10-11-21(18)27/h2-12,14-15,27H,13H2,1H3,(H,25,28)/b24-12+. The van der Waals surface area contributed by atoms with E-state index in [1.54, 1.807) is 12.4 Å². The first-order chi connectivity index (χ1) is 13.6. The molecule has 6 nitrogen and oxygen atoms in total. The topological polar surface area (TPSA) is 79.5 Å². The van der Waals surface area contributed by atoms with Gasteiger partial charge in [-0.05, 0) is 29.0 Å². The maximum Gasteiger partial charge on any atom is 0.244 e. The zero-order chi connectivity index (χ0) is 19.5. The maximum absolute atomic E-state index is 12.4. The third-order valence-corrected chi connectivity index (χ3v) is 4.76. The van der Waals surface area contributed by atoms with Crippen LogP contribution in [0.2, 0.25) is 0 Å². The van der Waals surface area contributed by atoms with E-state index in [0.717, 1.165) is 21.8 Å². The second-order valence-electron chi connectivity index (χ2n) is 6.74. The molecule has 1 unspecified atom stereocenters. The van der Waals surface area contributed by atoms with Crippen LogP contribution in [-0.2, 0) is 11.3 Å². The van der Waals surface area contributed by atoms with Crippen LogP contribution in [-0.4, -0.2) is 26.8 Å². The number of carbonyl (C=O) groups excluding carboxylic acids is 1. The normalized spacial score (nSPS) is 12.6. The fourth-order valence-corrected chi connectivity index (χ4v) is 3.22. The van der Waals surface area contributed by atoms with E-state index in [-0.39, 0.29) is 17.6 Å². The van der Waals surface area contributed by atoms with Crippen LogP contribution < -0.4 is 5.43 Å². The van der Waals surface area contributed by atoms with Crippen LogP contribution in [0, 0.1) is 5.92 Å². The van der Waals surface area contributed by atoms with Crippen molar-refractivity contribution < 1.29 is 9.90 Å². The molecule has 0 radical (unpaired) electrons. The predicted octanol–water partition coefficient (Wildman–Crippen LogP) is 3.68. The van der Waals surface area contributed by atoms with E-state index in [1.165, 1.54) is 6.21 Å². The van der Waals surface area contributed by atoms with Crippen LogP contribution in [0.25, 0.3) is 21.8 Å². The van der Waals surface area contributed by atoms with Crippen molar-refractivity contribution in [2.45, 2.75) is 13.5 Å². The molecule has 1 heterocycles. The van der Waals surface area contributed by atoms with Crippen molar-refractivity contribution in [3.63, 3.8) is 0 Å². The summed E-state index contributed by atoms with van der Waals surface area (Å²) in [5.41, 5.74) is 5.04. The maximum atomic E-state index is 12.4. The number of carbonyl (C=O) groups is 1. The summed E-state index contributed by atoms with van der Waals surface area (Å²) in [6.45, 7) is 2.34. The number of amides is 1. The number of nitrogens with one attached hydrogen (secondary N) is 1. The minimum atomic E-state index is -0.295. The molecule has 0 saturated carbocycles. The molecule has 1 atom stereocenters. The SMILES string of the molecule is CC(Cn1cnc2ccccc21)C(=O)N/N=C/c1c(O)ccc2ccccc12. The van der Waals surface area contributed by atoms with Crippen molar-refractivity contribution in [1.29, 1.82) is 0 Å². The van der Waals surface area contributed by atoms with Gasteiger partial charge in [-0.1, -0.05) is 49.4 Å². The number of aromatic hydroxyl groups is 1. The first-order valence-electron chi connectivity index (χ1n) is 9.07. The van der Waals surface area contributed by atoms with Gasteiger partial charge in [0, 0.05) is 12.1 Å². The molecular formula is C22H20N4O2. The summed E-state index contributed by atoms with van der Waals surface area (Å²) in [4.78, 5) is 16.8. The number of hydrogen-bond donors (Lipinski definition) is 2. The second-order valence-corrected chi connectivity index (χ2v) is 6.74. The number of nitrogens with zero attached hydrogens (tertiary/aromatic N) is 3. The highest BCUT2D eigenvalue weighted by atomic mass is 16.3. The lowest BCUT2D eigenvalue weighted by Gasteiger charge is -2.11. The van der Waals surface area contributed by atoms with E-state index in [9.17, 15) is 9.90 Å². The van der Waals surface area contributed by atoms with Gasteiger partial charge in [-0.15, -0.1) is 0 Å². The van der Waals surface area contributed by atoms with E-state index < -0.39 is 0 Å². The minimum Gasteiger partial charge on any atom is -0.507 e. The van der Waals surface area contributed by atoms with Gasteiger partial charge in [-0.2, -0.15) is 5.10 Å². The number of fused-ring (bicyclic) bond motifs is 2. The summed E-state index contributed by atoms with van der Waals surface area (Å²) in [5.74, 6) is -0.376. The van der Waals surface area contributed by atoms with Gasteiger partial charge in [0.25, 0.3) is 0 Å². The lowest BCUT2D eigenvalue weighted by atomic mass is 10.0. The largest absolute Gasteiger partial charge is 0.507 e. The average Bonchev–Trinajstić information content (AvgIpc) is 3.12.